The Labute approximate surface area is 196 Å². The molecule has 4 rings (SSSR count). The van der Waals surface area contributed by atoms with Gasteiger partial charge in [-0.25, -0.2) is 4.63 Å². The van der Waals surface area contributed by atoms with Crippen LogP contribution in [0, 0.1) is 16.0 Å². The normalized spacial score (nSPS) is 18.3. The van der Waals surface area contributed by atoms with E-state index in [2.05, 4.69) is 25.6 Å². The van der Waals surface area contributed by atoms with Gasteiger partial charge in [0.25, 0.3) is 0 Å². The van der Waals surface area contributed by atoms with Crippen LogP contribution in [0.5, 0.6) is 5.75 Å². The van der Waals surface area contributed by atoms with Crippen molar-refractivity contribution in [2.24, 2.45) is 5.92 Å². The Kier molecular flexibility index (Phi) is 6.76. The first-order valence-corrected chi connectivity index (χ1v) is 10.9. The summed E-state index contributed by atoms with van der Waals surface area (Å²) >= 11 is 0. The molecule has 0 saturated heterocycles. The van der Waals surface area contributed by atoms with Gasteiger partial charge in [-0.15, -0.1) is 0 Å². The second-order valence-electron chi connectivity index (χ2n) is 8.29. The van der Waals surface area contributed by atoms with Crippen LogP contribution in [0.15, 0.2) is 35.0 Å². The van der Waals surface area contributed by atoms with Crippen LogP contribution in [0.4, 0.5) is 24.5 Å². The molecule has 1 aliphatic carbocycles. The number of nitro benzene ring substituents is 1. The Hall–Kier alpha value is -3.90. The molecule has 1 aromatic heterocycles. The highest BCUT2D eigenvalue weighted by Gasteiger charge is 2.34. The molecule has 10 nitrogen and oxygen atoms in total. The zero-order valence-corrected chi connectivity index (χ0v) is 18.6. The average Bonchev–Trinajstić information content (AvgIpc) is 3.32. The van der Waals surface area contributed by atoms with Crippen molar-refractivity contribution in [1.82, 2.24) is 15.6 Å². The number of alkyl halides is 3. The van der Waals surface area contributed by atoms with Crippen LogP contribution in [0.2, 0.25) is 0 Å². The smallest absolute Gasteiger partial charge is 0.416 e. The highest BCUT2D eigenvalue weighted by molar-refractivity contribution is 5.93. The molecule has 35 heavy (non-hydrogen) atoms. The van der Waals surface area contributed by atoms with Crippen LogP contribution >= 0.6 is 0 Å². The van der Waals surface area contributed by atoms with Crippen molar-refractivity contribution in [3.8, 4) is 5.75 Å². The first-order valence-electron chi connectivity index (χ1n) is 10.9. The quantitative estimate of drug-likeness (QED) is 0.365. The number of nitrogens with one attached hydrogen (secondary N) is 2. The predicted octanol–water partition coefficient (Wildman–Crippen LogP) is 4.45. The average molecular weight is 493 g/mol. The molecule has 1 aliphatic rings. The van der Waals surface area contributed by atoms with Gasteiger partial charge in [0.1, 0.15) is 5.75 Å². The number of halogens is 3. The predicted molar refractivity (Wildman–Crippen MR) is 118 cm³/mol. The van der Waals surface area contributed by atoms with E-state index in [0.29, 0.717) is 18.5 Å². The van der Waals surface area contributed by atoms with E-state index in [1.54, 1.807) is 0 Å². The molecule has 1 fully saturated rings. The zero-order chi connectivity index (χ0) is 25.2. The molecule has 2 atom stereocenters. The summed E-state index contributed by atoms with van der Waals surface area (Å²) in [5, 5.41) is 24.4. The standard InChI is InChI=1S/C22H22F3N5O5/c1-34-15-6-5-13(16(10-15)22(23,24)25)11-26-21(31)12-3-2-4-14(9-12)27-17-7-8-18(30(32)33)20-19(17)28-35-29-20/h5-8,10,12,14,27H,2-4,9,11H2,1H3,(H,26,31)/t12-,14+/m1/s1. The molecule has 2 aromatic carbocycles. The summed E-state index contributed by atoms with van der Waals surface area (Å²) in [6.45, 7) is -0.264. The third-order valence-corrected chi connectivity index (χ3v) is 6.07. The van der Waals surface area contributed by atoms with E-state index in [-0.39, 0.29) is 46.5 Å². The number of fused-ring (bicyclic) bond motifs is 1. The van der Waals surface area contributed by atoms with E-state index in [9.17, 15) is 28.1 Å². The van der Waals surface area contributed by atoms with E-state index >= 15 is 0 Å². The number of carbonyl (C=O) groups excluding carboxylic acids is 1. The van der Waals surface area contributed by atoms with Crippen molar-refractivity contribution in [3.05, 3.63) is 51.6 Å². The summed E-state index contributed by atoms with van der Waals surface area (Å²) < 4.78 is 49.8. The van der Waals surface area contributed by atoms with Gasteiger partial charge in [-0.1, -0.05) is 12.5 Å². The van der Waals surface area contributed by atoms with E-state index < -0.39 is 22.6 Å². The molecule has 186 valence electrons. The summed E-state index contributed by atoms with van der Waals surface area (Å²) in [7, 11) is 1.28. The number of hydrogen-bond acceptors (Lipinski definition) is 8. The summed E-state index contributed by atoms with van der Waals surface area (Å²) in [6, 6.07) is 6.28. The number of hydrogen-bond donors (Lipinski definition) is 2. The molecular weight excluding hydrogens is 471 g/mol. The molecule has 3 aromatic rings. The fourth-order valence-electron chi connectivity index (χ4n) is 4.32. The van der Waals surface area contributed by atoms with Crippen LogP contribution in [0.25, 0.3) is 11.0 Å². The second-order valence-corrected chi connectivity index (χ2v) is 8.29. The Morgan fingerprint density at radius 3 is 2.71 bits per heavy atom. The van der Waals surface area contributed by atoms with Crippen LogP contribution in [-0.4, -0.2) is 34.3 Å². The SMILES string of the molecule is COc1ccc(CNC(=O)[C@@H]2CCC[C@H](Nc3ccc([N+](=O)[O-])c4nonc34)C2)c(C(F)(F)F)c1. The largest absolute Gasteiger partial charge is 0.497 e. The number of amides is 1. The fraction of sp³-hybridized carbons (Fsp3) is 0.409. The van der Waals surface area contributed by atoms with E-state index in [1.807, 2.05) is 0 Å². The Morgan fingerprint density at radius 1 is 1.23 bits per heavy atom. The minimum absolute atomic E-state index is 0.0186. The topological polar surface area (TPSA) is 132 Å². The van der Waals surface area contributed by atoms with Crippen molar-refractivity contribution in [2.75, 3.05) is 12.4 Å². The number of carbonyl (C=O) groups is 1. The van der Waals surface area contributed by atoms with Gasteiger partial charge in [0.15, 0.2) is 5.52 Å². The third-order valence-electron chi connectivity index (χ3n) is 6.07. The number of anilines is 1. The minimum atomic E-state index is -4.58. The number of nitrogens with zero attached hydrogens (tertiary/aromatic N) is 3. The van der Waals surface area contributed by atoms with Gasteiger partial charge in [-0.05, 0) is 53.3 Å². The molecule has 0 aliphatic heterocycles. The fourth-order valence-corrected chi connectivity index (χ4v) is 4.32. The lowest BCUT2D eigenvalue weighted by atomic mass is 9.85. The number of ether oxygens (including phenoxy) is 1. The van der Waals surface area contributed by atoms with Gasteiger partial charge in [-0.3, -0.25) is 14.9 Å². The lowest BCUT2D eigenvalue weighted by molar-refractivity contribution is -0.383. The molecule has 0 spiro atoms. The van der Waals surface area contributed by atoms with Crippen LogP contribution in [0.3, 0.4) is 0 Å². The van der Waals surface area contributed by atoms with Crippen molar-refractivity contribution in [1.29, 1.82) is 0 Å². The summed E-state index contributed by atoms with van der Waals surface area (Å²) in [5.74, 6) is -0.661. The van der Waals surface area contributed by atoms with Gasteiger partial charge in [0, 0.05) is 24.6 Å². The molecule has 2 N–H and O–H groups in total. The Balaban J connectivity index is 1.42. The van der Waals surface area contributed by atoms with E-state index in [4.69, 9.17) is 4.74 Å². The van der Waals surface area contributed by atoms with Crippen molar-refractivity contribution in [2.45, 2.75) is 44.4 Å². The van der Waals surface area contributed by atoms with Crippen molar-refractivity contribution >= 4 is 28.3 Å². The number of non-ortho nitro benzene ring substituents is 1. The first kappa shape index (κ1) is 24.2. The number of methoxy groups -OCH3 is 1. The molecule has 13 heteroatoms. The summed E-state index contributed by atoms with van der Waals surface area (Å²) in [6.07, 6.45) is -2.09. The summed E-state index contributed by atoms with van der Waals surface area (Å²) in [5.41, 5.74) is -0.418. The second kappa shape index (κ2) is 9.76. The molecule has 1 amide bonds. The van der Waals surface area contributed by atoms with Gasteiger partial charge in [-0.2, -0.15) is 13.2 Å². The van der Waals surface area contributed by atoms with Gasteiger partial charge >= 0.3 is 11.9 Å². The van der Waals surface area contributed by atoms with Gasteiger partial charge in [0.05, 0.1) is 23.3 Å². The molecule has 0 radical (unpaired) electrons. The van der Waals surface area contributed by atoms with Crippen LogP contribution in [0.1, 0.15) is 36.8 Å². The number of nitro groups is 1. The third kappa shape index (κ3) is 5.28. The first-order chi connectivity index (χ1) is 16.7. The van der Waals surface area contributed by atoms with Gasteiger partial charge in [0.2, 0.25) is 11.4 Å². The van der Waals surface area contributed by atoms with Crippen LogP contribution in [-0.2, 0) is 17.5 Å². The number of benzene rings is 2. The maximum Gasteiger partial charge on any atom is 0.416 e. The lowest BCUT2D eigenvalue weighted by Gasteiger charge is -2.29. The Morgan fingerprint density at radius 2 is 2.00 bits per heavy atom. The lowest BCUT2D eigenvalue weighted by Crippen LogP contribution is -2.37. The molecular formula is C22H22F3N5O5. The minimum Gasteiger partial charge on any atom is -0.497 e. The zero-order valence-electron chi connectivity index (χ0n) is 18.6. The summed E-state index contributed by atoms with van der Waals surface area (Å²) in [4.78, 5) is 23.4. The van der Waals surface area contributed by atoms with Crippen LogP contribution < -0.4 is 15.4 Å². The van der Waals surface area contributed by atoms with Gasteiger partial charge < -0.3 is 15.4 Å². The Bertz CT molecular complexity index is 1250. The molecule has 0 unspecified atom stereocenters. The molecule has 1 heterocycles. The van der Waals surface area contributed by atoms with E-state index in [0.717, 1.165) is 18.9 Å². The van der Waals surface area contributed by atoms with Crippen molar-refractivity contribution in [3.63, 3.8) is 0 Å². The monoisotopic (exact) mass is 493 g/mol. The highest BCUT2D eigenvalue weighted by Crippen LogP contribution is 2.35. The molecule has 0 bridgehead atoms. The maximum absolute atomic E-state index is 13.4. The molecule has 1 saturated carbocycles. The van der Waals surface area contributed by atoms with Crippen molar-refractivity contribution < 1.29 is 32.3 Å². The highest BCUT2D eigenvalue weighted by atomic mass is 19.4. The maximum atomic E-state index is 13.4. The van der Waals surface area contributed by atoms with E-state index in [1.165, 1.54) is 31.4 Å². The number of rotatable bonds is 7. The number of aromatic nitrogens is 2.